The predicted molar refractivity (Wildman–Crippen MR) is 491 cm³/mol. The Balaban J connectivity index is 0.000000544. The van der Waals surface area contributed by atoms with Crippen LogP contribution >= 0.6 is 15.9 Å². The van der Waals surface area contributed by atoms with E-state index in [0.29, 0.717) is 6.61 Å². The van der Waals surface area contributed by atoms with Crippen molar-refractivity contribution in [3.05, 3.63) is 108 Å². The van der Waals surface area contributed by atoms with Crippen molar-refractivity contribution in [2.75, 3.05) is 61.7 Å². The molecule has 0 fully saturated rings. The predicted octanol–water partition coefficient (Wildman–Crippen LogP) is -5.69. The van der Waals surface area contributed by atoms with Gasteiger partial charge in [-0.15, -0.1) is 0 Å². The second-order valence-corrected chi connectivity index (χ2v) is 27.1. The Kier molecular flexibility index (Phi) is 51.1. The van der Waals surface area contributed by atoms with Gasteiger partial charge in [-0.05, 0) is 93.5 Å². The Bertz CT molecular complexity index is 2520. The second kappa shape index (κ2) is 53.4. The Morgan fingerprint density at radius 2 is 0.859 bits per heavy atom. The maximum absolute atomic E-state index is 6.35. The summed E-state index contributed by atoms with van der Waals surface area (Å²) in [5, 5.41) is 4.72. The minimum absolute atomic E-state index is 0. The SMILES string of the molecule is BrCCCCCCOCCCCc1ccccc1.C.Cn1cnc(CN2CCOc3ccc(NCCCCCCOCCCCc4ccccc4)cc32)c1.[B][B]B(B([B])[B])B(B(B([B])[B])B([B])[B])B(B(B(B([B])[B])B([B])[B])B(B([B])[B])B([B])[B])B(B(B([B])[B])B([B])[B])B(B([B])[B])B([B])[B]. The summed E-state index contributed by atoms with van der Waals surface area (Å²) in [6, 6.07) is 27.8. The molecule has 1 aliphatic heterocycles. The van der Waals surface area contributed by atoms with E-state index in [-0.39, 0.29) is 7.43 Å². The lowest BCUT2D eigenvalue weighted by Crippen LogP contribution is -2.94. The zero-order valence-corrected chi connectivity index (χ0v) is 59.9. The lowest BCUT2D eigenvalue weighted by atomic mass is 8.26. The van der Waals surface area contributed by atoms with E-state index < -0.39 is 134 Å². The number of benzene rings is 3. The number of nitrogens with zero attached hydrogens (tertiary/aromatic N) is 3. The molecule has 99 heavy (non-hydrogen) atoms. The molecule has 0 saturated heterocycles. The number of anilines is 2. The lowest BCUT2D eigenvalue weighted by molar-refractivity contribution is 0.126. The lowest BCUT2D eigenvalue weighted by Gasteiger charge is -2.56. The van der Waals surface area contributed by atoms with Crippen LogP contribution in [0.4, 0.5) is 11.4 Å². The molecule has 1 aliphatic rings. The van der Waals surface area contributed by atoms with Crippen molar-refractivity contribution in [2.45, 2.75) is 104 Å². The van der Waals surface area contributed by atoms with Crippen LogP contribution in [0.15, 0.2) is 91.4 Å². The third kappa shape index (κ3) is 34.6. The van der Waals surface area contributed by atoms with Crippen molar-refractivity contribution in [1.29, 1.82) is 0 Å². The number of hydrogen-bond acceptors (Lipinski definition) is 6. The minimum Gasteiger partial charge on any atom is -0.490 e. The van der Waals surface area contributed by atoms with E-state index in [0.717, 1.165) is 93.5 Å². The number of aryl methyl sites for hydroxylation is 3. The number of imidazole rings is 1. The molecule has 4 aromatic rings. The number of unbranched alkanes of at least 4 members (excludes halogenated alkanes) is 8. The third-order valence-corrected chi connectivity index (χ3v) is 19.1. The van der Waals surface area contributed by atoms with Crippen molar-refractivity contribution in [2.24, 2.45) is 7.05 Å². The molecule has 0 spiro atoms. The zero-order valence-electron chi connectivity index (χ0n) is 58.3. The molecule has 0 amide bonds. The molecule has 5 rings (SSSR count). The molecule has 53 heteroatoms. The van der Waals surface area contributed by atoms with E-state index in [1.54, 1.807) is 0 Å². The van der Waals surface area contributed by atoms with Crippen LogP contribution in [0.3, 0.4) is 0 Å². The first-order valence-electron chi connectivity index (χ1n) is 34.9. The van der Waals surface area contributed by atoms with Gasteiger partial charge in [0.1, 0.15) is 12.4 Å². The Morgan fingerprint density at radius 1 is 0.475 bits per heavy atom. The average Bonchev–Trinajstić information content (AvgIpc) is 1.38. The van der Waals surface area contributed by atoms with Gasteiger partial charge < -0.3 is 29.0 Å². The van der Waals surface area contributed by atoms with Gasteiger partial charge in [0.05, 0.1) is 30.8 Å². The number of nitrogens with one attached hydrogen (secondary N) is 1. The quantitative estimate of drug-likeness (QED) is 0.0271. The van der Waals surface area contributed by atoms with Crippen molar-refractivity contribution in [3.63, 3.8) is 0 Å². The molecule has 3 aromatic carbocycles. The molecule has 2 heterocycles. The van der Waals surface area contributed by atoms with Gasteiger partial charge in [-0.2, -0.15) is 0 Å². The number of rotatable bonds is 47. The third-order valence-electron chi connectivity index (χ3n) is 18.6. The summed E-state index contributed by atoms with van der Waals surface area (Å²) in [5.41, 5.74) is 6.24. The zero-order chi connectivity index (χ0) is 72.9. The summed E-state index contributed by atoms with van der Waals surface area (Å²) in [7, 11) is 149. The van der Waals surface area contributed by atoms with Gasteiger partial charge in [-0.1, -0.05) is 110 Å². The maximum Gasteiger partial charge on any atom is 0.142 e. The summed E-state index contributed by atoms with van der Waals surface area (Å²) in [6.07, 6.45) is -4.03. The molecule has 1 aromatic heterocycles. The van der Waals surface area contributed by atoms with Crippen LogP contribution < -0.4 is 15.0 Å². The van der Waals surface area contributed by atoms with E-state index in [1.807, 2.05) is 17.9 Å². The van der Waals surface area contributed by atoms with Crippen molar-refractivity contribution in [1.82, 2.24) is 9.55 Å². The van der Waals surface area contributed by atoms with E-state index in [1.165, 1.54) is 88.8 Å². The highest BCUT2D eigenvalue weighted by Gasteiger charge is 2.58. The summed E-state index contributed by atoms with van der Waals surface area (Å²) in [5.74, 6) is 0.956. The van der Waals surface area contributed by atoms with Crippen LogP contribution in [-0.4, -0.2) is 380 Å². The number of fused-ring (bicyclic) bond motifs is 1. The fraction of sp³-hybridized carbons (Fsp3) is 0.543. The average molecular weight is 1290 g/mol. The largest absolute Gasteiger partial charge is 0.490 e. The smallest absolute Gasteiger partial charge is 0.142 e. The monoisotopic (exact) mass is 1300 g/mol. The summed E-state index contributed by atoms with van der Waals surface area (Å²) >= 11 is 3.45. The van der Waals surface area contributed by atoms with E-state index >= 15 is 0 Å². The van der Waals surface area contributed by atoms with E-state index in [2.05, 4.69) is 116 Å². The minimum atomic E-state index is -1.27. The first-order chi connectivity index (χ1) is 46.7. The summed E-state index contributed by atoms with van der Waals surface area (Å²) in [4.78, 5) is 6.84. The number of halogens is 1. The van der Waals surface area contributed by atoms with Gasteiger partial charge in [0.2, 0.25) is 0 Å². The summed E-state index contributed by atoms with van der Waals surface area (Å²) in [6.45, 7) is 7.00. The fourth-order valence-corrected chi connectivity index (χ4v) is 14.3. The highest BCUT2D eigenvalue weighted by molar-refractivity contribution is 9.09. The van der Waals surface area contributed by atoms with Crippen LogP contribution in [0.2, 0.25) is 0 Å². The fourth-order valence-electron chi connectivity index (χ4n) is 13.9. The molecule has 433 valence electrons. The first kappa shape index (κ1) is 94.7. The highest BCUT2D eigenvalue weighted by Crippen LogP contribution is 2.35. The molecule has 47 radical (unpaired) electrons. The molecule has 0 unspecified atom stereocenters. The normalized spacial score (nSPS) is 10.9. The van der Waals surface area contributed by atoms with Crippen LogP contribution in [-0.2, 0) is 35.9 Å². The molecular weight excluding hydrogens is 1220 g/mol. The highest BCUT2D eigenvalue weighted by atomic mass is 79.9. The van der Waals surface area contributed by atoms with Gasteiger partial charge in [-0.25, -0.2) is 4.98 Å². The Hall–Kier alpha value is -0.408. The maximum atomic E-state index is 6.35. The van der Waals surface area contributed by atoms with Gasteiger partial charge in [-0.3, -0.25) is 0 Å². The standard InChI is InChI=1S/C29H40N4O2.C16H25BrO.CH4.B45/c1-32-22-27(31-24-32)23-33-17-20-35-29-15-14-26(21-28(29)33)30-16-8-2-3-9-18-34-19-10-7-13-25-11-5-4-6-12-25;17-13-7-1-2-8-14-18-15-9-6-12-16-10-4-3-5-11-16;;1-24-36(25(2)3)42(37(26(4)5)27(6)7)45(43(38(28(8)9)29(10)11)39(30(12)13)31(14)15)44(40(32(16)17)33(18)19)41(34(20)21)35(22)23/h4-6,11-12,14-15,21-22,24,30H,2-3,7-10,13,16-20,23H2,1H3;3-5,10-11H,1-2,6-9,12-15H2;1H4;. The van der Waals surface area contributed by atoms with Crippen molar-refractivity contribution >= 4 is 346 Å². The number of ether oxygens (including phenoxy) is 3. The number of alkyl halides is 1. The first-order valence-corrected chi connectivity index (χ1v) is 36.0. The van der Waals surface area contributed by atoms with Crippen molar-refractivity contribution < 1.29 is 14.2 Å². The van der Waals surface area contributed by atoms with E-state index in [4.69, 9.17) is 192 Å². The molecule has 0 saturated carbocycles. The van der Waals surface area contributed by atoms with Gasteiger partial charge in [0.25, 0.3) is 0 Å². The topological polar surface area (TPSA) is 60.8 Å². The molecular formula is C46H69B45BrN4O3. The number of aromatic nitrogens is 2. The number of hydrogen-bond donors (Lipinski definition) is 1. The molecule has 0 bridgehead atoms. The van der Waals surface area contributed by atoms with Gasteiger partial charge in [0.15, 0.2) is 0 Å². The summed E-state index contributed by atoms with van der Waals surface area (Å²) < 4.78 is 19.3. The second-order valence-electron chi connectivity index (χ2n) is 26.4. The molecule has 0 atom stereocenters. The van der Waals surface area contributed by atoms with Crippen LogP contribution in [0.25, 0.3) is 0 Å². The Labute approximate surface area is 651 Å². The molecule has 7 nitrogen and oxygen atoms in total. The van der Waals surface area contributed by atoms with E-state index in [9.17, 15) is 0 Å². The van der Waals surface area contributed by atoms with Gasteiger partial charge in [0, 0.05) is 376 Å². The van der Waals surface area contributed by atoms with Crippen molar-refractivity contribution in [3.8, 4) is 5.75 Å². The van der Waals surface area contributed by atoms with Crippen LogP contribution in [0.1, 0.15) is 101 Å². The van der Waals surface area contributed by atoms with Gasteiger partial charge >= 0.3 is 0 Å². The molecule has 0 aliphatic carbocycles. The molecule has 1 N–H and O–H groups in total. The van der Waals surface area contributed by atoms with Crippen LogP contribution in [0, 0.1) is 0 Å². The Morgan fingerprint density at radius 3 is 1.23 bits per heavy atom. The van der Waals surface area contributed by atoms with Crippen LogP contribution in [0.5, 0.6) is 5.75 Å².